The summed E-state index contributed by atoms with van der Waals surface area (Å²) in [5, 5.41) is 11.7. The molecule has 0 heterocycles. The van der Waals surface area contributed by atoms with Gasteiger partial charge in [0.2, 0.25) is 0 Å². The fraction of sp³-hybridized carbons (Fsp3) is 0.125. The maximum atomic E-state index is 13.4. The summed E-state index contributed by atoms with van der Waals surface area (Å²) in [5.74, 6) is -3.44. The third kappa shape index (κ3) is 4.19. The number of anilines is 1. The van der Waals surface area contributed by atoms with Crippen LogP contribution in [0, 0.1) is 11.6 Å². The van der Waals surface area contributed by atoms with Crippen molar-refractivity contribution in [3.05, 3.63) is 53.6 Å². The van der Waals surface area contributed by atoms with Crippen molar-refractivity contribution in [3.63, 3.8) is 0 Å². The Morgan fingerprint density at radius 2 is 1.92 bits per heavy atom. The van der Waals surface area contributed by atoms with Crippen LogP contribution in [0.3, 0.4) is 0 Å². The number of benzene rings is 2. The summed E-state index contributed by atoms with van der Waals surface area (Å²) < 4.78 is 36.0. The monoisotopic (exact) mass is 337 g/mol. The number of carbonyl (C=O) groups excluding carboxylic acids is 2. The van der Waals surface area contributed by atoms with Crippen LogP contribution in [0.25, 0.3) is 0 Å². The molecule has 2 aromatic rings. The third-order valence-corrected chi connectivity index (χ3v) is 2.96. The maximum absolute atomic E-state index is 13.4. The summed E-state index contributed by atoms with van der Waals surface area (Å²) in [6.07, 6.45) is 0. The van der Waals surface area contributed by atoms with Crippen molar-refractivity contribution in [2.24, 2.45) is 0 Å². The van der Waals surface area contributed by atoms with Crippen LogP contribution in [0.2, 0.25) is 0 Å². The number of halogens is 2. The van der Waals surface area contributed by atoms with Crippen LogP contribution in [0.15, 0.2) is 36.4 Å². The molecule has 2 rings (SSSR count). The van der Waals surface area contributed by atoms with Gasteiger partial charge in [0.25, 0.3) is 5.91 Å². The number of amides is 1. The first-order valence-corrected chi connectivity index (χ1v) is 6.69. The van der Waals surface area contributed by atoms with Gasteiger partial charge in [-0.25, -0.2) is 13.6 Å². The SMILES string of the molecule is COc1ccc(O)c(C(=O)OCC(=O)Nc2cc(F)ccc2F)c1. The standard InChI is InChI=1S/C16H13F2NO5/c1-23-10-3-5-14(20)11(7-10)16(22)24-8-15(21)19-13-6-9(17)2-4-12(13)18/h2-7,20H,8H2,1H3,(H,19,21). The highest BCUT2D eigenvalue weighted by Gasteiger charge is 2.16. The van der Waals surface area contributed by atoms with E-state index in [1.54, 1.807) is 0 Å². The lowest BCUT2D eigenvalue weighted by atomic mass is 10.2. The molecule has 6 nitrogen and oxygen atoms in total. The van der Waals surface area contributed by atoms with Crippen molar-refractivity contribution in [3.8, 4) is 11.5 Å². The Balaban J connectivity index is 1.99. The molecule has 0 aliphatic rings. The van der Waals surface area contributed by atoms with Crippen molar-refractivity contribution < 1.29 is 33.0 Å². The number of carbonyl (C=O) groups is 2. The highest BCUT2D eigenvalue weighted by molar-refractivity contribution is 5.97. The Labute approximate surface area is 135 Å². The van der Waals surface area contributed by atoms with Crippen molar-refractivity contribution in [2.45, 2.75) is 0 Å². The average molecular weight is 337 g/mol. The van der Waals surface area contributed by atoms with Gasteiger partial charge in [-0.1, -0.05) is 0 Å². The lowest BCUT2D eigenvalue weighted by Crippen LogP contribution is -2.21. The van der Waals surface area contributed by atoms with Crippen molar-refractivity contribution in [1.29, 1.82) is 0 Å². The van der Waals surface area contributed by atoms with Crippen LogP contribution >= 0.6 is 0 Å². The number of hydrogen-bond donors (Lipinski definition) is 2. The second-order valence-corrected chi connectivity index (χ2v) is 4.63. The molecule has 2 N–H and O–H groups in total. The van der Waals surface area contributed by atoms with E-state index in [2.05, 4.69) is 5.32 Å². The van der Waals surface area contributed by atoms with E-state index < -0.39 is 30.1 Å². The number of ether oxygens (including phenoxy) is 2. The van der Waals surface area contributed by atoms with Gasteiger partial charge in [-0.2, -0.15) is 0 Å². The normalized spacial score (nSPS) is 10.1. The van der Waals surface area contributed by atoms with Gasteiger partial charge in [0, 0.05) is 6.07 Å². The molecule has 24 heavy (non-hydrogen) atoms. The molecule has 0 aliphatic heterocycles. The topological polar surface area (TPSA) is 84.9 Å². The third-order valence-electron chi connectivity index (χ3n) is 2.96. The molecule has 0 spiro atoms. The molecule has 0 fully saturated rings. The summed E-state index contributed by atoms with van der Waals surface area (Å²) in [6, 6.07) is 6.45. The number of nitrogens with one attached hydrogen (secondary N) is 1. The molecule has 126 valence electrons. The molecule has 8 heteroatoms. The highest BCUT2D eigenvalue weighted by atomic mass is 19.1. The van der Waals surface area contributed by atoms with E-state index >= 15 is 0 Å². The minimum atomic E-state index is -0.971. The molecule has 1 amide bonds. The van der Waals surface area contributed by atoms with Gasteiger partial charge < -0.3 is 19.9 Å². The zero-order valence-electron chi connectivity index (χ0n) is 12.5. The first-order chi connectivity index (χ1) is 11.4. The second kappa shape index (κ2) is 7.40. The molecule has 0 aliphatic carbocycles. The van der Waals surface area contributed by atoms with Crippen molar-refractivity contribution in [2.75, 3.05) is 19.0 Å². The zero-order chi connectivity index (χ0) is 17.7. The summed E-state index contributed by atoms with van der Waals surface area (Å²) >= 11 is 0. The molecule has 0 bridgehead atoms. The number of rotatable bonds is 5. The minimum Gasteiger partial charge on any atom is -0.507 e. The van der Waals surface area contributed by atoms with Gasteiger partial charge in [0.15, 0.2) is 6.61 Å². The first-order valence-electron chi connectivity index (χ1n) is 6.69. The number of methoxy groups -OCH3 is 1. The smallest absolute Gasteiger partial charge is 0.342 e. The van der Waals surface area contributed by atoms with Crippen LogP contribution in [0.5, 0.6) is 11.5 Å². The van der Waals surface area contributed by atoms with Crippen LogP contribution in [-0.2, 0) is 9.53 Å². The van der Waals surface area contributed by atoms with Crippen LogP contribution in [0.1, 0.15) is 10.4 Å². The average Bonchev–Trinajstić information content (AvgIpc) is 2.56. The molecular weight excluding hydrogens is 324 g/mol. The zero-order valence-corrected chi connectivity index (χ0v) is 12.5. The van der Waals surface area contributed by atoms with Gasteiger partial charge in [-0.15, -0.1) is 0 Å². The summed E-state index contributed by atoms with van der Waals surface area (Å²) in [7, 11) is 1.38. The van der Waals surface area contributed by atoms with E-state index in [0.29, 0.717) is 5.75 Å². The van der Waals surface area contributed by atoms with Gasteiger partial charge in [-0.05, 0) is 30.3 Å². The second-order valence-electron chi connectivity index (χ2n) is 4.63. The molecule has 2 aromatic carbocycles. The van der Waals surface area contributed by atoms with Gasteiger partial charge in [0.1, 0.15) is 28.7 Å². The largest absolute Gasteiger partial charge is 0.507 e. The number of esters is 1. The predicted octanol–water partition coefficient (Wildman–Crippen LogP) is 2.47. The van der Waals surface area contributed by atoms with Crippen molar-refractivity contribution in [1.82, 2.24) is 0 Å². The number of aromatic hydroxyl groups is 1. The van der Waals surface area contributed by atoms with Crippen LogP contribution in [0.4, 0.5) is 14.5 Å². The molecule has 0 radical (unpaired) electrons. The van der Waals surface area contributed by atoms with E-state index in [1.807, 2.05) is 0 Å². The molecule has 0 saturated carbocycles. The maximum Gasteiger partial charge on any atom is 0.342 e. The highest BCUT2D eigenvalue weighted by Crippen LogP contribution is 2.23. The molecular formula is C16H13F2NO5. The van der Waals surface area contributed by atoms with Crippen LogP contribution in [-0.4, -0.2) is 30.7 Å². The Bertz CT molecular complexity index is 779. The Morgan fingerprint density at radius 3 is 2.62 bits per heavy atom. The Hall–Kier alpha value is -3.16. The fourth-order valence-corrected chi connectivity index (χ4v) is 1.79. The molecule has 0 aromatic heterocycles. The number of phenols is 1. The van der Waals surface area contributed by atoms with Crippen LogP contribution < -0.4 is 10.1 Å². The lowest BCUT2D eigenvalue weighted by molar-refractivity contribution is -0.119. The summed E-state index contributed by atoms with van der Waals surface area (Å²) in [6.45, 7) is -0.745. The Kier molecular flexibility index (Phi) is 5.31. The van der Waals surface area contributed by atoms with Gasteiger partial charge in [-0.3, -0.25) is 4.79 Å². The first kappa shape index (κ1) is 17.2. The number of phenolic OH excluding ortho intramolecular Hbond substituents is 1. The van der Waals surface area contributed by atoms with E-state index in [9.17, 15) is 23.5 Å². The van der Waals surface area contributed by atoms with Gasteiger partial charge >= 0.3 is 5.97 Å². The van der Waals surface area contributed by atoms with Gasteiger partial charge in [0.05, 0.1) is 12.8 Å². The summed E-state index contributed by atoms with van der Waals surface area (Å²) in [4.78, 5) is 23.5. The number of hydrogen-bond acceptors (Lipinski definition) is 5. The Morgan fingerprint density at radius 1 is 1.17 bits per heavy atom. The van der Waals surface area contributed by atoms with E-state index in [4.69, 9.17) is 9.47 Å². The fourth-order valence-electron chi connectivity index (χ4n) is 1.79. The van der Waals surface area contributed by atoms with E-state index in [0.717, 1.165) is 18.2 Å². The molecule has 0 unspecified atom stereocenters. The lowest BCUT2D eigenvalue weighted by Gasteiger charge is -2.09. The quantitative estimate of drug-likeness (QED) is 0.819. The molecule has 0 saturated heterocycles. The minimum absolute atomic E-state index is 0.195. The summed E-state index contributed by atoms with van der Waals surface area (Å²) in [5.41, 5.74) is -0.570. The van der Waals surface area contributed by atoms with E-state index in [1.165, 1.54) is 25.3 Å². The molecule has 0 atom stereocenters. The predicted molar refractivity (Wildman–Crippen MR) is 79.9 cm³/mol. The van der Waals surface area contributed by atoms with E-state index in [-0.39, 0.29) is 17.0 Å². The van der Waals surface area contributed by atoms with Crippen molar-refractivity contribution >= 4 is 17.6 Å².